The zero-order chi connectivity index (χ0) is 13.7. The monoisotopic (exact) mass is 263 g/mol. The lowest BCUT2D eigenvalue weighted by Gasteiger charge is -2.09. The molecule has 0 aliphatic carbocycles. The largest absolute Gasteiger partial charge is 0.479 e. The summed E-state index contributed by atoms with van der Waals surface area (Å²) in [7, 11) is 2.90. The van der Waals surface area contributed by atoms with Crippen LogP contribution >= 0.6 is 0 Å². The second kappa shape index (κ2) is 5.80. The zero-order valence-corrected chi connectivity index (χ0v) is 10.5. The van der Waals surface area contributed by atoms with Crippen molar-refractivity contribution >= 4 is 11.6 Å². The van der Waals surface area contributed by atoms with Gasteiger partial charge in [0, 0.05) is 12.4 Å². The number of carbonyl (C=O) groups excluding carboxylic acids is 1. The van der Waals surface area contributed by atoms with E-state index in [1.54, 1.807) is 18.5 Å². The van der Waals surface area contributed by atoms with Crippen LogP contribution in [0.25, 0.3) is 0 Å². The Morgan fingerprint density at radius 2 is 2.26 bits per heavy atom. The number of aromatic nitrogens is 4. The van der Waals surface area contributed by atoms with Crippen molar-refractivity contribution in [1.29, 1.82) is 0 Å². The van der Waals surface area contributed by atoms with Crippen LogP contribution in [0.1, 0.15) is 0 Å². The molecule has 0 unspecified atom stereocenters. The number of anilines is 1. The van der Waals surface area contributed by atoms with E-state index < -0.39 is 0 Å². The van der Waals surface area contributed by atoms with E-state index in [2.05, 4.69) is 20.4 Å². The fourth-order valence-corrected chi connectivity index (χ4v) is 1.42. The molecule has 2 heterocycles. The van der Waals surface area contributed by atoms with Crippen LogP contribution in [0.3, 0.4) is 0 Å². The van der Waals surface area contributed by atoms with Crippen molar-refractivity contribution in [1.82, 2.24) is 19.7 Å². The second-order valence-corrected chi connectivity index (χ2v) is 3.53. The minimum Gasteiger partial charge on any atom is -0.479 e. The molecule has 2 aromatic heterocycles. The van der Waals surface area contributed by atoms with E-state index in [0.717, 1.165) is 0 Å². The Morgan fingerprint density at radius 3 is 2.89 bits per heavy atom. The highest BCUT2D eigenvalue weighted by atomic mass is 16.5. The number of hydrogen-bond acceptors (Lipinski definition) is 6. The normalized spacial score (nSPS) is 10.0. The third kappa shape index (κ3) is 3.18. The fourth-order valence-electron chi connectivity index (χ4n) is 1.42. The zero-order valence-electron chi connectivity index (χ0n) is 10.5. The molecule has 1 N–H and O–H groups in total. The van der Waals surface area contributed by atoms with Crippen molar-refractivity contribution in [2.75, 3.05) is 19.5 Å². The maximum absolute atomic E-state index is 11.8. The highest BCUT2D eigenvalue weighted by Crippen LogP contribution is 2.22. The molecule has 8 nitrogen and oxygen atoms in total. The van der Waals surface area contributed by atoms with Crippen LogP contribution < -0.4 is 14.8 Å². The summed E-state index contributed by atoms with van der Waals surface area (Å²) >= 11 is 0. The Hall–Kier alpha value is -2.64. The van der Waals surface area contributed by atoms with Crippen molar-refractivity contribution in [3.05, 3.63) is 24.7 Å². The molecule has 0 atom stereocenters. The molecule has 0 bridgehead atoms. The summed E-state index contributed by atoms with van der Waals surface area (Å²) in [4.78, 5) is 19.7. The number of hydrogen-bond donors (Lipinski definition) is 1. The molecular formula is C11H13N5O3. The summed E-state index contributed by atoms with van der Waals surface area (Å²) in [5, 5.41) is 6.59. The Labute approximate surface area is 109 Å². The molecule has 19 heavy (non-hydrogen) atoms. The average molecular weight is 263 g/mol. The Balaban J connectivity index is 2.07. The van der Waals surface area contributed by atoms with Crippen LogP contribution in [0.15, 0.2) is 24.7 Å². The predicted octanol–water partition coefficient (Wildman–Crippen LogP) is 0.329. The van der Waals surface area contributed by atoms with Crippen molar-refractivity contribution < 1.29 is 14.3 Å². The van der Waals surface area contributed by atoms with Gasteiger partial charge in [-0.15, -0.1) is 0 Å². The smallest absolute Gasteiger partial charge is 0.319 e. The fraction of sp³-hybridized carbons (Fsp3) is 0.273. The van der Waals surface area contributed by atoms with Crippen LogP contribution in [-0.4, -0.2) is 39.9 Å². The Kier molecular flexibility index (Phi) is 3.91. The third-order valence-corrected chi connectivity index (χ3v) is 2.25. The molecule has 0 fully saturated rings. The van der Waals surface area contributed by atoms with Gasteiger partial charge in [0.05, 0.1) is 20.4 Å². The van der Waals surface area contributed by atoms with Gasteiger partial charge in [0.25, 0.3) is 0 Å². The molecule has 0 radical (unpaired) electrons. The summed E-state index contributed by atoms with van der Waals surface area (Å²) in [6.07, 6.45) is 4.72. The van der Waals surface area contributed by atoms with Crippen molar-refractivity contribution in [2.45, 2.75) is 6.54 Å². The third-order valence-electron chi connectivity index (χ3n) is 2.25. The molecule has 2 aromatic rings. The van der Waals surface area contributed by atoms with Gasteiger partial charge in [-0.05, 0) is 6.07 Å². The second-order valence-electron chi connectivity index (χ2n) is 3.53. The minimum absolute atomic E-state index is 0.0994. The number of nitrogens with one attached hydrogen (secondary N) is 1. The lowest BCUT2D eigenvalue weighted by Crippen LogP contribution is -2.19. The number of nitrogens with zero attached hydrogens (tertiary/aromatic N) is 4. The maximum atomic E-state index is 11.8. The first kappa shape index (κ1) is 12.8. The van der Waals surface area contributed by atoms with Crippen molar-refractivity contribution in [3.63, 3.8) is 0 Å². The highest BCUT2D eigenvalue weighted by Gasteiger charge is 2.11. The van der Waals surface area contributed by atoms with E-state index in [-0.39, 0.29) is 24.3 Å². The molecule has 0 aliphatic rings. The number of rotatable bonds is 5. The molecule has 100 valence electrons. The van der Waals surface area contributed by atoms with Gasteiger partial charge in [0.2, 0.25) is 11.8 Å². The van der Waals surface area contributed by atoms with Gasteiger partial charge in [-0.3, -0.25) is 9.48 Å². The quantitative estimate of drug-likeness (QED) is 0.835. The Morgan fingerprint density at radius 1 is 1.42 bits per heavy atom. The first-order valence-electron chi connectivity index (χ1n) is 5.45. The molecule has 8 heteroatoms. The van der Waals surface area contributed by atoms with Crippen LogP contribution in [0.5, 0.6) is 11.9 Å². The van der Waals surface area contributed by atoms with Gasteiger partial charge >= 0.3 is 6.01 Å². The Bertz CT molecular complexity index is 555. The molecule has 0 saturated carbocycles. The summed E-state index contributed by atoms with van der Waals surface area (Å²) < 4.78 is 11.4. The maximum Gasteiger partial charge on any atom is 0.319 e. The summed E-state index contributed by atoms with van der Waals surface area (Å²) in [5.74, 6) is -0.0172. The molecule has 0 saturated heterocycles. The van der Waals surface area contributed by atoms with E-state index in [1.807, 2.05) is 0 Å². The number of methoxy groups -OCH3 is 2. The minimum atomic E-state index is -0.254. The van der Waals surface area contributed by atoms with Crippen LogP contribution in [-0.2, 0) is 11.3 Å². The standard InChI is InChI=1S/C11H13N5O3/c1-18-10-8(6-12-11(15-10)19-2)14-9(17)7-16-5-3-4-13-16/h3-6H,7H2,1-2H3,(H,14,17). The molecule has 0 spiro atoms. The summed E-state index contributed by atoms with van der Waals surface area (Å²) in [6, 6.07) is 1.91. The summed E-state index contributed by atoms with van der Waals surface area (Å²) in [5.41, 5.74) is 0.375. The SMILES string of the molecule is COc1ncc(NC(=O)Cn2cccn2)c(OC)n1. The van der Waals surface area contributed by atoms with Crippen molar-refractivity contribution in [3.8, 4) is 11.9 Å². The highest BCUT2D eigenvalue weighted by molar-refractivity contribution is 5.91. The number of ether oxygens (including phenoxy) is 2. The average Bonchev–Trinajstić information content (AvgIpc) is 2.91. The predicted molar refractivity (Wildman–Crippen MR) is 66.0 cm³/mol. The molecule has 0 aromatic carbocycles. The van der Waals surface area contributed by atoms with E-state index in [0.29, 0.717) is 5.69 Å². The van der Waals surface area contributed by atoms with Gasteiger partial charge in [0.15, 0.2) is 0 Å². The van der Waals surface area contributed by atoms with Gasteiger partial charge < -0.3 is 14.8 Å². The van der Waals surface area contributed by atoms with Gasteiger partial charge in [-0.25, -0.2) is 4.98 Å². The summed E-state index contributed by atoms with van der Waals surface area (Å²) in [6.45, 7) is 0.0994. The molecule has 0 aliphatic heterocycles. The van der Waals surface area contributed by atoms with E-state index in [1.165, 1.54) is 25.1 Å². The lowest BCUT2D eigenvalue weighted by molar-refractivity contribution is -0.116. The van der Waals surface area contributed by atoms with Crippen LogP contribution in [0.2, 0.25) is 0 Å². The lowest BCUT2D eigenvalue weighted by atomic mass is 10.4. The van der Waals surface area contributed by atoms with Crippen molar-refractivity contribution in [2.24, 2.45) is 0 Å². The number of carbonyl (C=O) groups is 1. The first-order valence-corrected chi connectivity index (χ1v) is 5.45. The van der Waals surface area contributed by atoms with Crippen LogP contribution in [0, 0.1) is 0 Å². The molecule has 1 amide bonds. The van der Waals surface area contributed by atoms with E-state index in [4.69, 9.17) is 9.47 Å². The van der Waals surface area contributed by atoms with Gasteiger partial charge in [0.1, 0.15) is 12.2 Å². The molecular weight excluding hydrogens is 250 g/mol. The van der Waals surface area contributed by atoms with Gasteiger partial charge in [-0.2, -0.15) is 10.1 Å². The van der Waals surface area contributed by atoms with Gasteiger partial charge in [-0.1, -0.05) is 0 Å². The van der Waals surface area contributed by atoms with E-state index >= 15 is 0 Å². The first-order chi connectivity index (χ1) is 9.22. The topological polar surface area (TPSA) is 91.2 Å². The number of amides is 1. The van der Waals surface area contributed by atoms with E-state index in [9.17, 15) is 4.79 Å². The molecule has 2 rings (SSSR count). The van der Waals surface area contributed by atoms with Crippen LogP contribution in [0.4, 0.5) is 5.69 Å².